The SMILES string of the molecule is CC(C)COCCCn1ccc2c1CC(C)(C)CC2N. The number of nitrogens with zero attached hydrogens (tertiary/aromatic N) is 1. The Hall–Kier alpha value is -0.800. The summed E-state index contributed by atoms with van der Waals surface area (Å²) in [6.07, 6.45) is 5.50. The van der Waals surface area contributed by atoms with Gasteiger partial charge in [0.25, 0.3) is 0 Å². The summed E-state index contributed by atoms with van der Waals surface area (Å²) in [4.78, 5) is 0. The molecule has 2 rings (SSSR count). The lowest BCUT2D eigenvalue weighted by Gasteiger charge is -2.34. The van der Waals surface area contributed by atoms with Gasteiger partial charge in [0.2, 0.25) is 0 Å². The maximum atomic E-state index is 6.31. The first-order chi connectivity index (χ1) is 9.39. The lowest BCUT2D eigenvalue weighted by Crippen LogP contribution is -2.30. The van der Waals surface area contributed by atoms with Gasteiger partial charge in [-0.2, -0.15) is 0 Å². The first-order valence-electron chi connectivity index (χ1n) is 7.90. The standard InChI is InChI=1S/C17H30N2O/c1-13(2)12-20-9-5-7-19-8-6-14-15(18)10-17(3,4)11-16(14)19/h6,8,13,15H,5,7,9-12,18H2,1-4H3. The minimum Gasteiger partial charge on any atom is -0.381 e. The van der Waals surface area contributed by atoms with Crippen molar-refractivity contribution >= 4 is 0 Å². The van der Waals surface area contributed by atoms with Crippen LogP contribution in [0.15, 0.2) is 12.3 Å². The molecule has 0 aromatic carbocycles. The second kappa shape index (κ2) is 6.31. The van der Waals surface area contributed by atoms with Gasteiger partial charge in [-0.1, -0.05) is 27.7 Å². The van der Waals surface area contributed by atoms with E-state index in [9.17, 15) is 0 Å². The van der Waals surface area contributed by atoms with Crippen LogP contribution in [0.2, 0.25) is 0 Å². The molecule has 1 unspecified atom stereocenters. The van der Waals surface area contributed by atoms with E-state index in [0.717, 1.165) is 39.0 Å². The third kappa shape index (κ3) is 3.86. The normalized spacial score (nSPS) is 21.2. The molecule has 0 bridgehead atoms. The van der Waals surface area contributed by atoms with Crippen molar-refractivity contribution in [1.29, 1.82) is 0 Å². The fourth-order valence-corrected chi connectivity index (χ4v) is 3.16. The number of nitrogens with two attached hydrogens (primary N) is 1. The molecule has 0 spiro atoms. The van der Waals surface area contributed by atoms with Crippen LogP contribution in [0.3, 0.4) is 0 Å². The fourth-order valence-electron chi connectivity index (χ4n) is 3.16. The third-order valence-electron chi connectivity index (χ3n) is 4.07. The van der Waals surface area contributed by atoms with Gasteiger partial charge in [0.05, 0.1) is 0 Å². The topological polar surface area (TPSA) is 40.2 Å². The van der Waals surface area contributed by atoms with E-state index in [-0.39, 0.29) is 6.04 Å². The highest BCUT2D eigenvalue weighted by atomic mass is 16.5. The summed E-state index contributed by atoms with van der Waals surface area (Å²) in [5.41, 5.74) is 9.42. The minimum atomic E-state index is 0.201. The largest absolute Gasteiger partial charge is 0.381 e. The number of hydrogen-bond acceptors (Lipinski definition) is 2. The minimum absolute atomic E-state index is 0.201. The predicted octanol–water partition coefficient (Wildman–Crippen LogP) is 3.52. The van der Waals surface area contributed by atoms with Crippen LogP contribution in [-0.4, -0.2) is 17.8 Å². The van der Waals surface area contributed by atoms with Crippen LogP contribution in [0, 0.1) is 11.3 Å². The first-order valence-corrected chi connectivity index (χ1v) is 7.90. The highest BCUT2D eigenvalue weighted by Gasteiger charge is 2.32. The Bertz CT molecular complexity index is 434. The molecule has 1 aliphatic rings. The maximum Gasteiger partial charge on any atom is 0.0489 e. The summed E-state index contributed by atoms with van der Waals surface area (Å²) in [7, 11) is 0. The Morgan fingerprint density at radius 3 is 2.90 bits per heavy atom. The lowest BCUT2D eigenvalue weighted by molar-refractivity contribution is 0.105. The smallest absolute Gasteiger partial charge is 0.0489 e. The molecule has 0 fully saturated rings. The van der Waals surface area contributed by atoms with Crippen LogP contribution >= 0.6 is 0 Å². The monoisotopic (exact) mass is 278 g/mol. The van der Waals surface area contributed by atoms with Crippen LogP contribution in [-0.2, 0) is 17.7 Å². The van der Waals surface area contributed by atoms with Gasteiger partial charge in [-0.15, -0.1) is 0 Å². The number of aromatic nitrogens is 1. The van der Waals surface area contributed by atoms with Crippen LogP contribution in [0.25, 0.3) is 0 Å². The Morgan fingerprint density at radius 2 is 2.20 bits per heavy atom. The summed E-state index contributed by atoms with van der Waals surface area (Å²) in [5, 5.41) is 0. The molecule has 1 aliphatic carbocycles. The van der Waals surface area contributed by atoms with Gasteiger partial charge in [0.15, 0.2) is 0 Å². The molecule has 1 aromatic rings. The Balaban J connectivity index is 1.91. The lowest BCUT2D eigenvalue weighted by atomic mass is 9.74. The summed E-state index contributed by atoms with van der Waals surface area (Å²) in [6.45, 7) is 11.8. The van der Waals surface area contributed by atoms with Crippen molar-refractivity contribution in [2.45, 2.75) is 59.5 Å². The second-order valence-corrected chi connectivity index (χ2v) is 7.39. The van der Waals surface area contributed by atoms with Crippen LogP contribution < -0.4 is 5.73 Å². The van der Waals surface area contributed by atoms with Crippen molar-refractivity contribution in [3.8, 4) is 0 Å². The fraction of sp³-hybridized carbons (Fsp3) is 0.765. The van der Waals surface area contributed by atoms with Crippen molar-refractivity contribution in [2.75, 3.05) is 13.2 Å². The van der Waals surface area contributed by atoms with Gasteiger partial charge < -0.3 is 15.0 Å². The Morgan fingerprint density at radius 1 is 1.45 bits per heavy atom. The number of rotatable bonds is 6. The van der Waals surface area contributed by atoms with Gasteiger partial charge in [-0.25, -0.2) is 0 Å². The second-order valence-electron chi connectivity index (χ2n) is 7.39. The summed E-state index contributed by atoms with van der Waals surface area (Å²) in [5.74, 6) is 0.619. The molecule has 0 saturated carbocycles. The molecule has 3 heteroatoms. The summed E-state index contributed by atoms with van der Waals surface area (Å²) < 4.78 is 8.05. The maximum absolute atomic E-state index is 6.31. The van der Waals surface area contributed by atoms with E-state index in [0.29, 0.717) is 11.3 Å². The van der Waals surface area contributed by atoms with Gasteiger partial charge >= 0.3 is 0 Å². The van der Waals surface area contributed by atoms with Gasteiger partial charge in [-0.3, -0.25) is 0 Å². The molecule has 2 N–H and O–H groups in total. The van der Waals surface area contributed by atoms with Crippen molar-refractivity contribution < 1.29 is 4.74 Å². The number of fused-ring (bicyclic) bond motifs is 1. The van der Waals surface area contributed by atoms with E-state index in [4.69, 9.17) is 10.5 Å². The van der Waals surface area contributed by atoms with Gasteiger partial charge in [-0.05, 0) is 42.2 Å². The average molecular weight is 278 g/mol. The highest BCUT2D eigenvalue weighted by molar-refractivity contribution is 5.30. The molecule has 1 atom stereocenters. The zero-order valence-corrected chi connectivity index (χ0v) is 13.5. The van der Waals surface area contributed by atoms with E-state index in [1.54, 1.807) is 0 Å². The number of aryl methyl sites for hydroxylation is 1. The molecule has 0 radical (unpaired) electrons. The van der Waals surface area contributed by atoms with E-state index in [1.165, 1.54) is 11.3 Å². The molecule has 3 nitrogen and oxygen atoms in total. The van der Waals surface area contributed by atoms with Gasteiger partial charge in [0, 0.05) is 37.7 Å². The molecule has 0 amide bonds. The molecule has 0 saturated heterocycles. The molecular weight excluding hydrogens is 248 g/mol. The summed E-state index contributed by atoms with van der Waals surface area (Å²) in [6, 6.07) is 2.41. The molecular formula is C17H30N2O. The zero-order chi connectivity index (χ0) is 14.8. The van der Waals surface area contributed by atoms with E-state index < -0.39 is 0 Å². The Kier molecular flexibility index (Phi) is 4.92. The summed E-state index contributed by atoms with van der Waals surface area (Å²) >= 11 is 0. The van der Waals surface area contributed by atoms with Crippen molar-refractivity contribution in [3.05, 3.63) is 23.5 Å². The van der Waals surface area contributed by atoms with Crippen molar-refractivity contribution in [3.63, 3.8) is 0 Å². The quantitative estimate of drug-likeness (QED) is 0.809. The van der Waals surface area contributed by atoms with Crippen LogP contribution in [0.4, 0.5) is 0 Å². The van der Waals surface area contributed by atoms with Gasteiger partial charge in [0.1, 0.15) is 0 Å². The van der Waals surface area contributed by atoms with E-state index in [2.05, 4.69) is 44.5 Å². The van der Waals surface area contributed by atoms with Crippen molar-refractivity contribution in [2.24, 2.45) is 17.1 Å². The van der Waals surface area contributed by atoms with E-state index >= 15 is 0 Å². The molecule has 20 heavy (non-hydrogen) atoms. The number of hydrogen-bond donors (Lipinski definition) is 1. The molecule has 114 valence electrons. The highest BCUT2D eigenvalue weighted by Crippen LogP contribution is 2.39. The Labute approximate surface area is 123 Å². The van der Waals surface area contributed by atoms with E-state index in [1.807, 2.05) is 0 Å². The average Bonchev–Trinajstić information content (AvgIpc) is 2.70. The molecule has 1 aromatic heterocycles. The first kappa shape index (κ1) is 15.6. The van der Waals surface area contributed by atoms with Crippen molar-refractivity contribution in [1.82, 2.24) is 4.57 Å². The van der Waals surface area contributed by atoms with Crippen LogP contribution in [0.5, 0.6) is 0 Å². The third-order valence-corrected chi connectivity index (χ3v) is 4.07. The zero-order valence-electron chi connectivity index (χ0n) is 13.5. The molecule has 1 heterocycles. The molecule has 0 aliphatic heterocycles. The number of ether oxygens (including phenoxy) is 1. The van der Waals surface area contributed by atoms with Crippen LogP contribution in [0.1, 0.15) is 57.8 Å². The predicted molar refractivity (Wildman–Crippen MR) is 83.7 cm³/mol.